The molecule has 4 N–H and O–H groups in total. The molecule has 6 nitrogen and oxygen atoms in total. The second-order valence-corrected chi connectivity index (χ2v) is 6.73. The number of hydrogen-bond acceptors (Lipinski definition) is 3. The van der Waals surface area contributed by atoms with Crippen LogP contribution in [-0.4, -0.2) is 21.5 Å². The van der Waals surface area contributed by atoms with Crippen LogP contribution in [0.5, 0.6) is 0 Å². The van der Waals surface area contributed by atoms with Crippen LogP contribution in [0.25, 0.3) is 16.6 Å². The average Bonchev–Trinajstić information content (AvgIpc) is 3.12. The molecule has 4 rings (SSSR count). The quantitative estimate of drug-likeness (QED) is 0.685. The van der Waals surface area contributed by atoms with Gasteiger partial charge in [-0.25, -0.2) is 9.78 Å². The summed E-state index contributed by atoms with van der Waals surface area (Å²) in [5.41, 5.74) is 10.8. The fraction of sp³-hybridized carbons (Fsp3) is 0.263. The average molecular weight is 335 g/mol. The minimum Gasteiger partial charge on any atom is -0.382 e. The number of urea groups is 1. The molecule has 2 heterocycles. The molecule has 128 valence electrons. The number of nitrogens with one attached hydrogen (secondary N) is 2. The van der Waals surface area contributed by atoms with Crippen molar-refractivity contribution in [1.29, 1.82) is 0 Å². The van der Waals surface area contributed by atoms with Crippen LogP contribution in [0.4, 0.5) is 16.3 Å². The molecule has 1 aliphatic carbocycles. The molecular formula is C19H21N5O. The Kier molecular flexibility index (Phi) is 3.60. The van der Waals surface area contributed by atoms with Crippen LogP contribution in [0.15, 0.2) is 42.7 Å². The number of nitrogens with zero attached hydrogens (tertiary/aromatic N) is 2. The Morgan fingerprint density at radius 3 is 2.64 bits per heavy atom. The van der Waals surface area contributed by atoms with Gasteiger partial charge in [-0.1, -0.05) is 25.1 Å². The Balaban J connectivity index is 1.57. The van der Waals surface area contributed by atoms with Crippen molar-refractivity contribution in [3.8, 4) is 11.1 Å². The molecule has 2 atom stereocenters. The number of hydrogen-bond donors (Lipinski definition) is 3. The predicted molar refractivity (Wildman–Crippen MR) is 99.5 cm³/mol. The molecular weight excluding hydrogens is 314 g/mol. The van der Waals surface area contributed by atoms with Gasteiger partial charge in [0.1, 0.15) is 12.1 Å². The number of carbonyl (C=O) groups is 1. The second kappa shape index (κ2) is 5.81. The van der Waals surface area contributed by atoms with Gasteiger partial charge in [-0.05, 0) is 43.0 Å². The Morgan fingerprint density at radius 1 is 1.24 bits per heavy atom. The second-order valence-electron chi connectivity index (χ2n) is 6.73. The Labute approximate surface area is 146 Å². The van der Waals surface area contributed by atoms with Crippen LogP contribution in [0.3, 0.4) is 0 Å². The van der Waals surface area contributed by atoms with Crippen LogP contribution < -0.4 is 16.4 Å². The van der Waals surface area contributed by atoms with E-state index in [1.165, 1.54) is 0 Å². The van der Waals surface area contributed by atoms with E-state index in [2.05, 4.69) is 22.5 Å². The Morgan fingerprint density at radius 2 is 1.96 bits per heavy atom. The number of aryl methyl sites for hydroxylation is 1. The fourth-order valence-electron chi connectivity index (χ4n) is 3.09. The maximum atomic E-state index is 11.9. The summed E-state index contributed by atoms with van der Waals surface area (Å²) in [4.78, 5) is 16.1. The zero-order chi connectivity index (χ0) is 17.6. The first kappa shape index (κ1) is 15.5. The van der Waals surface area contributed by atoms with Gasteiger partial charge in [0.25, 0.3) is 0 Å². The highest BCUT2D eigenvalue weighted by Crippen LogP contribution is 2.30. The lowest BCUT2D eigenvalue weighted by Gasteiger charge is -2.10. The number of carbonyl (C=O) groups excluding carboxylic acids is 1. The van der Waals surface area contributed by atoms with Crippen molar-refractivity contribution in [3.05, 3.63) is 48.4 Å². The minimum atomic E-state index is -0.153. The first-order valence-corrected chi connectivity index (χ1v) is 8.43. The van der Waals surface area contributed by atoms with Gasteiger partial charge >= 0.3 is 6.03 Å². The molecule has 1 aliphatic rings. The highest BCUT2D eigenvalue weighted by molar-refractivity contribution is 5.91. The molecule has 2 unspecified atom stereocenters. The van der Waals surface area contributed by atoms with Crippen molar-refractivity contribution in [1.82, 2.24) is 14.7 Å². The Bertz CT molecular complexity index is 944. The zero-order valence-electron chi connectivity index (χ0n) is 14.3. The van der Waals surface area contributed by atoms with E-state index in [0.717, 1.165) is 34.4 Å². The van der Waals surface area contributed by atoms with Crippen molar-refractivity contribution in [2.45, 2.75) is 26.3 Å². The molecule has 0 saturated heterocycles. The highest BCUT2D eigenvalue weighted by atomic mass is 16.2. The first-order chi connectivity index (χ1) is 12.0. The van der Waals surface area contributed by atoms with E-state index in [9.17, 15) is 4.79 Å². The van der Waals surface area contributed by atoms with E-state index in [0.29, 0.717) is 17.8 Å². The van der Waals surface area contributed by atoms with Gasteiger partial charge < -0.3 is 20.8 Å². The first-order valence-electron chi connectivity index (χ1n) is 8.43. The number of rotatable bonds is 3. The van der Waals surface area contributed by atoms with E-state index in [4.69, 9.17) is 5.73 Å². The fourth-order valence-corrected chi connectivity index (χ4v) is 3.09. The highest BCUT2D eigenvalue weighted by Gasteiger charge is 2.33. The standard InChI is InChI=1S/C19H21N5O/c1-11-9-16(11)23-19(25)22-14-6-4-13(5-7-14)15-8-3-12(2)24-10-21-18(20)17(15)24/h3-8,10-11,16H,9,20H2,1-2H3,(H2,22,23,25). The van der Waals surface area contributed by atoms with Crippen molar-refractivity contribution < 1.29 is 4.79 Å². The lowest BCUT2D eigenvalue weighted by molar-refractivity contribution is 0.251. The molecule has 1 fully saturated rings. The lowest BCUT2D eigenvalue weighted by atomic mass is 10.0. The number of aromatic nitrogens is 2. The van der Waals surface area contributed by atoms with Crippen molar-refractivity contribution >= 4 is 23.1 Å². The largest absolute Gasteiger partial charge is 0.382 e. The Hall–Kier alpha value is -3.02. The van der Waals surface area contributed by atoms with Crippen LogP contribution in [0, 0.1) is 12.8 Å². The number of fused-ring (bicyclic) bond motifs is 1. The molecule has 25 heavy (non-hydrogen) atoms. The minimum absolute atomic E-state index is 0.153. The van der Waals surface area contributed by atoms with E-state index in [1.54, 1.807) is 6.33 Å². The third kappa shape index (κ3) is 2.91. The summed E-state index contributed by atoms with van der Waals surface area (Å²) in [6.07, 6.45) is 2.80. The molecule has 0 radical (unpaired) electrons. The third-order valence-corrected chi connectivity index (χ3v) is 4.80. The molecule has 0 aliphatic heterocycles. The summed E-state index contributed by atoms with van der Waals surface area (Å²) >= 11 is 0. The van der Waals surface area contributed by atoms with E-state index in [1.807, 2.05) is 47.7 Å². The monoisotopic (exact) mass is 335 g/mol. The number of imidazole rings is 1. The number of amides is 2. The van der Waals surface area contributed by atoms with Crippen molar-refractivity contribution in [3.63, 3.8) is 0 Å². The molecule has 2 amide bonds. The molecule has 6 heteroatoms. The van der Waals surface area contributed by atoms with Crippen LogP contribution in [-0.2, 0) is 0 Å². The van der Waals surface area contributed by atoms with Gasteiger partial charge in [0, 0.05) is 23.0 Å². The van der Waals surface area contributed by atoms with Gasteiger partial charge in [0.05, 0.1) is 5.52 Å². The van der Waals surface area contributed by atoms with E-state index >= 15 is 0 Å². The van der Waals surface area contributed by atoms with E-state index in [-0.39, 0.29) is 6.03 Å². The van der Waals surface area contributed by atoms with Gasteiger partial charge in [-0.3, -0.25) is 0 Å². The summed E-state index contributed by atoms with van der Waals surface area (Å²) < 4.78 is 1.99. The molecule has 0 spiro atoms. The normalized spacial score (nSPS) is 19.0. The maximum absolute atomic E-state index is 11.9. The molecule has 0 bridgehead atoms. The van der Waals surface area contributed by atoms with Crippen LogP contribution >= 0.6 is 0 Å². The van der Waals surface area contributed by atoms with Crippen LogP contribution in [0.2, 0.25) is 0 Å². The number of nitrogen functional groups attached to an aromatic ring is 1. The molecule has 2 aromatic heterocycles. The van der Waals surface area contributed by atoms with Crippen molar-refractivity contribution in [2.24, 2.45) is 5.92 Å². The summed E-state index contributed by atoms with van der Waals surface area (Å²) in [6, 6.07) is 12.0. The number of anilines is 2. The van der Waals surface area contributed by atoms with Gasteiger partial charge in [-0.15, -0.1) is 0 Å². The van der Waals surface area contributed by atoms with Gasteiger partial charge in [-0.2, -0.15) is 0 Å². The summed E-state index contributed by atoms with van der Waals surface area (Å²) in [5.74, 6) is 1.09. The third-order valence-electron chi connectivity index (χ3n) is 4.80. The number of benzene rings is 1. The molecule has 1 saturated carbocycles. The number of nitrogens with two attached hydrogens (primary N) is 1. The smallest absolute Gasteiger partial charge is 0.319 e. The predicted octanol–water partition coefficient (Wildman–Crippen LogP) is 3.42. The SMILES string of the molecule is Cc1ccc(-c2ccc(NC(=O)NC3CC3C)cc2)c2c(N)ncn12. The van der Waals surface area contributed by atoms with Crippen molar-refractivity contribution in [2.75, 3.05) is 11.1 Å². The molecule has 3 aromatic rings. The topological polar surface area (TPSA) is 84.5 Å². The lowest BCUT2D eigenvalue weighted by Crippen LogP contribution is -2.31. The summed E-state index contributed by atoms with van der Waals surface area (Å²) in [6.45, 7) is 4.15. The summed E-state index contributed by atoms with van der Waals surface area (Å²) in [7, 11) is 0. The van der Waals surface area contributed by atoms with Crippen LogP contribution in [0.1, 0.15) is 19.0 Å². The number of pyridine rings is 1. The van der Waals surface area contributed by atoms with Gasteiger partial charge in [0.2, 0.25) is 0 Å². The maximum Gasteiger partial charge on any atom is 0.319 e. The van der Waals surface area contributed by atoms with E-state index < -0.39 is 0 Å². The summed E-state index contributed by atoms with van der Waals surface area (Å²) in [5, 5.41) is 5.83. The molecule has 1 aromatic carbocycles. The van der Waals surface area contributed by atoms with Gasteiger partial charge in [0.15, 0.2) is 0 Å². The zero-order valence-corrected chi connectivity index (χ0v) is 14.3.